The topological polar surface area (TPSA) is 126 Å². The maximum Gasteiger partial charge on any atom is 0.343 e. The van der Waals surface area contributed by atoms with Gasteiger partial charge in [0.1, 0.15) is 23.0 Å². The molecule has 0 amide bonds. The number of ketones is 1. The molecule has 10 heteroatoms. The Morgan fingerprint density at radius 3 is 1.37 bits per heavy atom. The fraction of sp³-hybridized carbons (Fsp3) is 0.293. The summed E-state index contributed by atoms with van der Waals surface area (Å²) >= 11 is 0. The van der Waals surface area contributed by atoms with Crippen molar-refractivity contribution >= 4 is 29.7 Å². The van der Waals surface area contributed by atoms with E-state index >= 15 is 0 Å². The van der Waals surface area contributed by atoms with Crippen LogP contribution in [0.5, 0.6) is 23.0 Å². The number of benzene rings is 4. The van der Waals surface area contributed by atoms with Crippen LogP contribution in [0.4, 0.5) is 0 Å². The van der Waals surface area contributed by atoms with Crippen LogP contribution >= 0.6 is 0 Å². The average Bonchev–Trinajstić information content (AvgIpc) is 3.08. The van der Waals surface area contributed by atoms with Crippen LogP contribution in [0.25, 0.3) is 0 Å². The highest BCUT2D eigenvalue weighted by Crippen LogP contribution is 2.27. The second-order valence-electron chi connectivity index (χ2n) is 13.6. The van der Waals surface area contributed by atoms with Crippen LogP contribution < -0.4 is 18.9 Å². The number of carbonyl (C=O) groups is 5. The summed E-state index contributed by atoms with van der Waals surface area (Å²) in [5, 5.41) is 0. The fourth-order valence-electron chi connectivity index (χ4n) is 4.57. The number of esters is 4. The first-order chi connectivity index (χ1) is 24.1. The normalized spacial score (nSPS) is 11.3. The van der Waals surface area contributed by atoms with E-state index < -0.39 is 23.9 Å². The van der Waals surface area contributed by atoms with Crippen molar-refractivity contribution in [2.75, 3.05) is 6.54 Å². The maximum absolute atomic E-state index is 13.8. The van der Waals surface area contributed by atoms with E-state index in [1.807, 2.05) is 56.0 Å². The van der Waals surface area contributed by atoms with Gasteiger partial charge in [-0.05, 0) is 87.0 Å². The van der Waals surface area contributed by atoms with Crippen LogP contribution in [-0.4, -0.2) is 46.6 Å². The van der Waals surface area contributed by atoms with Crippen LogP contribution in [0.2, 0.25) is 0 Å². The van der Waals surface area contributed by atoms with Crippen molar-refractivity contribution in [3.05, 3.63) is 119 Å². The summed E-state index contributed by atoms with van der Waals surface area (Å²) in [5.74, 6) is -2.74. The van der Waals surface area contributed by atoms with Gasteiger partial charge in [-0.2, -0.15) is 0 Å². The first-order valence-corrected chi connectivity index (χ1v) is 16.6. The predicted molar refractivity (Wildman–Crippen MR) is 191 cm³/mol. The lowest BCUT2D eigenvalue weighted by Crippen LogP contribution is -2.43. The lowest BCUT2D eigenvalue weighted by atomic mass is 10.0. The Labute approximate surface area is 298 Å². The number of Topliss-reactive ketones (excluding diaryl/α,β-unsaturated/α-hetero) is 1. The van der Waals surface area contributed by atoms with Gasteiger partial charge < -0.3 is 18.9 Å². The molecule has 266 valence electrons. The zero-order chi connectivity index (χ0) is 37.3. The Balaban J connectivity index is 1.60. The molecule has 4 aromatic rings. The van der Waals surface area contributed by atoms with Gasteiger partial charge in [0.15, 0.2) is 5.78 Å². The molecule has 10 nitrogen and oxygen atoms in total. The van der Waals surface area contributed by atoms with E-state index in [9.17, 15) is 24.0 Å². The summed E-state index contributed by atoms with van der Waals surface area (Å²) in [6, 6.07) is 25.7. The summed E-state index contributed by atoms with van der Waals surface area (Å²) in [4.78, 5) is 66.1. The molecule has 0 aliphatic rings. The molecule has 0 N–H and O–H groups in total. The van der Waals surface area contributed by atoms with Crippen molar-refractivity contribution in [1.29, 1.82) is 0 Å². The number of carbonyl (C=O) groups excluding carboxylic acids is 5. The van der Waals surface area contributed by atoms with Gasteiger partial charge in [-0.3, -0.25) is 19.3 Å². The van der Waals surface area contributed by atoms with Gasteiger partial charge in [0.05, 0.1) is 29.5 Å². The van der Waals surface area contributed by atoms with Crippen LogP contribution in [-0.2, 0) is 16.1 Å². The molecule has 4 rings (SSSR count). The van der Waals surface area contributed by atoms with E-state index in [1.165, 1.54) is 66.7 Å². The lowest BCUT2D eigenvalue weighted by Gasteiger charge is -2.35. The van der Waals surface area contributed by atoms with E-state index in [2.05, 4.69) is 0 Å². The second kappa shape index (κ2) is 16.9. The summed E-state index contributed by atoms with van der Waals surface area (Å²) in [6.07, 6.45) is 0. The third-order valence-electron chi connectivity index (χ3n) is 7.68. The SMILES string of the molecule is CC(C)C(=O)Oc1ccc(C(=O)Oc2cc(OC(=O)c3ccc(OC(=O)C(C)C)cc3)cc(C(=O)CN(Cc3ccccc3)C(C)(C)C)c2)cc1. The smallest absolute Gasteiger partial charge is 0.343 e. The zero-order valence-corrected chi connectivity index (χ0v) is 29.9. The van der Waals surface area contributed by atoms with Gasteiger partial charge in [0.25, 0.3) is 0 Å². The Morgan fingerprint density at radius 2 is 0.980 bits per heavy atom. The molecule has 0 aliphatic heterocycles. The lowest BCUT2D eigenvalue weighted by molar-refractivity contribution is -0.138. The van der Waals surface area contributed by atoms with Gasteiger partial charge in [-0.15, -0.1) is 0 Å². The summed E-state index contributed by atoms with van der Waals surface area (Å²) in [6.45, 7) is 13.4. The molecule has 0 heterocycles. The van der Waals surface area contributed by atoms with Gasteiger partial charge in [-0.25, -0.2) is 9.59 Å². The number of ether oxygens (including phenoxy) is 4. The summed E-state index contributed by atoms with van der Waals surface area (Å²) < 4.78 is 21.9. The van der Waals surface area contributed by atoms with Crippen molar-refractivity contribution in [3.63, 3.8) is 0 Å². The molecular formula is C41H43NO9. The minimum absolute atomic E-state index is 0.0229. The molecular weight excluding hydrogens is 650 g/mol. The minimum Gasteiger partial charge on any atom is -0.426 e. The van der Waals surface area contributed by atoms with Crippen molar-refractivity contribution in [3.8, 4) is 23.0 Å². The van der Waals surface area contributed by atoms with E-state index in [1.54, 1.807) is 27.7 Å². The molecule has 0 spiro atoms. The third kappa shape index (κ3) is 11.2. The highest BCUT2D eigenvalue weighted by atomic mass is 16.6. The predicted octanol–water partition coefficient (Wildman–Crippen LogP) is 7.73. The number of nitrogens with zero attached hydrogens (tertiary/aromatic N) is 1. The van der Waals surface area contributed by atoms with Crippen LogP contribution in [0, 0.1) is 11.8 Å². The van der Waals surface area contributed by atoms with Crippen molar-refractivity contribution in [1.82, 2.24) is 4.90 Å². The second-order valence-corrected chi connectivity index (χ2v) is 13.6. The summed E-state index contributed by atoms with van der Waals surface area (Å²) in [7, 11) is 0. The summed E-state index contributed by atoms with van der Waals surface area (Å²) in [5.41, 5.74) is 1.14. The number of rotatable bonds is 13. The highest BCUT2D eigenvalue weighted by molar-refractivity contribution is 5.99. The monoisotopic (exact) mass is 693 g/mol. The van der Waals surface area contributed by atoms with Gasteiger partial charge in [0.2, 0.25) is 0 Å². The zero-order valence-electron chi connectivity index (χ0n) is 29.9. The Morgan fingerprint density at radius 1 is 0.549 bits per heavy atom. The molecule has 0 radical (unpaired) electrons. The molecule has 0 unspecified atom stereocenters. The Hall–Kier alpha value is -5.61. The molecule has 0 saturated carbocycles. The largest absolute Gasteiger partial charge is 0.426 e. The first kappa shape index (κ1) is 38.2. The highest BCUT2D eigenvalue weighted by Gasteiger charge is 2.26. The van der Waals surface area contributed by atoms with E-state index in [4.69, 9.17) is 18.9 Å². The van der Waals surface area contributed by atoms with Crippen molar-refractivity contribution < 1.29 is 42.9 Å². The molecule has 51 heavy (non-hydrogen) atoms. The first-order valence-electron chi connectivity index (χ1n) is 16.6. The standard InChI is InChI=1S/C41H43NO9/c1-26(2)37(44)48-32-17-13-29(14-18-32)39(46)50-34-21-31(36(43)25-42(41(5,6)7)24-28-11-9-8-10-12-28)22-35(23-34)51-40(47)30-15-19-33(20-16-30)49-38(45)27(3)4/h8-23,26-27H,24-25H2,1-7H3. The molecule has 0 aromatic heterocycles. The molecule has 0 bridgehead atoms. The van der Waals surface area contributed by atoms with Crippen LogP contribution in [0.3, 0.4) is 0 Å². The van der Waals surface area contributed by atoms with Crippen molar-refractivity contribution in [2.45, 2.75) is 60.5 Å². The van der Waals surface area contributed by atoms with E-state index in [-0.39, 0.29) is 69.4 Å². The molecule has 4 aromatic carbocycles. The fourth-order valence-corrected chi connectivity index (χ4v) is 4.57. The third-order valence-corrected chi connectivity index (χ3v) is 7.68. The number of hydrogen-bond donors (Lipinski definition) is 0. The van der Waals surface area contributed by atoms with Crippen molar-refractivity contribution in [2.24, 2.45) is 11.8 Å². The van der Waals surface area contributed by atoms with Gasteiger partial charge in [-0.1, -0.05) is 58.0 Å². The maximum atomic E-state index is 13.8. The Bertz CT molecular complexity index is 1760. The van der Waals surface area contributed by atoms with Crippen LogP contribution in [0.1, 0.15) is 85.1 Å². The van der Waals surface area contributed by atoms with E-state index in [0.29, 0.717) is 6.54 Å². The van der Waals surface area contributed by atoms with Gasteiger partial charge in [0, 0.05) is 23.7 Å². The molecule has 0 atom stereocenters. The van der Waals surface area contributed by atoms with Crippen LogP contribution in [0.15, 0.2) is 97.1 Å². The average molecular weight is 694 g/mol. The molecule has 0 fully saturated rings. The molecule has 0 saturated heterocycles. The van der Waals surface area contributed by atoms with Gasteiger partial charge >= 0.3 is 23.9 Å². The Kier molecular flexibility index (Phi) is 12.6. The minimum atomic E-state index is -0.745. The van der Waals surface area contributed by atoms with E-state index in [0.717, 1.165) is 5.56 Å². The quantitative estimate of drug-likeness (QED) is 0.0780. The molecule has 0 aliphatic carbocycles. The number of hydrogen-bond acceptors (Lipinski definition) is 10.